The zero-order valence-corrected chi connectivity index (χ0v) is 8.21. The Hall–Kier alpha value is -1.52. The second-order valence-corrected chi connectivity index (χ2v) is 3.88. The summed E-state index contributed by atoms with van der Waals surface area (Å²) in [5.74, 6) is -1.33. The van der Waals surface area contributed by atoms with Gasteiger partial charge in [0.25, 0.3) is 0 Å². The van der Waals surface area contributed by atoms with Crippen molar-refractivity contribution in [3.63, 3.8) is 0 Å². The number of carboxylic acids is 1. The summed E-state index contributed by atoms with van der Waals surface area (Å²) in [6.07, 6.45) is -3.01. The standard InChI is InChI=1S/C11H9F3O2/c12-11(13,14)9-4-3-7(10(15)16)5-8(9)6-1-2-6/h3-6H,1-2H2,(H,15,16). The molecule has 1 saturated carbocycles. The number of hydrogen-bond donors (Lipinski definition) is 1. The molecule has 1 aliphatic rings. The number of aromatic carboxylic acids is 1. The Kier molecular flexibility index (Phi) is 2.40. The molecule has 0 atom stereocenters. The van der Waals surface area contributed by atoms with Crippen molar-refractivity contribution in [1.29, 1.82) is 0 Å². The first-order valence-corrected chi connectivity index (χ1v) is 4.84. The van der Waals surface area contributed by atoms with Gasteiger partial charge in [-0.15, -0.1) is 0 Å². The first kappa shape index (κ1) is 11.0. The highest BCUT2D eigenvalue weighted by Crippen LogP contribution is 2.46. The van der Waals surface area contributed by atoms with Crippen LogP contribution in [0, 0.1) is 0 Å². The lowest BCUT2D eigenvalue weighted by atomic mass is 10.00. The van der Waals surface area contributed by atoms with Gasteiger partial charge in [0.2, 0.25) is 0 Å². The molecule has 5 heteroatoms. The lowest BCUT2D eigenvalue weighted by molar-refractivity contribution is -0.138. The van der Waals surface area contributed by atoms with Gasteiger partial charge in [0, 0.05) is 0 Å². The lowest BCUT2D eigenvalue weighted by Gasteiger charge is -2.12. The second kappa shape index (κ2) is 3.50. The van der Waals surface area contributed by atoms with E-state index in [-0.39, 0.29) is 17.0 Å². The highest BCUT2D eigenvalue weighted by Gasteiger charge is 2.38. The SMILES string of the molecule is O=C(O)c1ccc(C(F)(F)F)c(C2CC2)c1. The van der Waals surface area contributed by atoms with E-state index in [1.807, 2.05) is 0 Å². The predicted molar refractivity (Wildman–Crippen MR) is 50.4 cm³/mol. The van der Waals surface area contributed by atoms with Gasteiger partial charge in [-0.1, -0.05) is 0 Å². The molecule has 2 nitrogen and oxygen atoms in total. The molecule has 2 rings (SSSR count). The van der Waals surface area contributed by atoms with E-state index in [0.29, 0.717) is 12.8 Å². The third-order valence-electron chi connectivity index (χ3n) is 2.62. The number of carbonyl (C=O) groups is 1. The molecule has 1 N–H and O–H groups in total. The highest BCUT2D eigenvalue weighted by molar-refractivity contribution is 5.88. The number of alkyl halides is 3. The summed E-state index contributed by atoms with van der Waals surface area (Å²) >= 11 is 0. The average Bonchev–Trinajstić information content (AvgIpc) is 2.98. The Labute approximate surface area is 89.7 Å². The van der Waals surface area contributed by atoms with Gasteiger partial charge in [0.1, 0.15) is 0 Å². The number of benzene rings is 1. The fourth-order valence-electron chi connectivity index (χ4n) is 1.69. The Balaban J connectivity index is 2.50. The van der Waals surface area contributed by atoms with Crippen molar-refractivity contribution in [2.75, 3.05) is 0 Å². The van der Waals surface area contributed by atoms with E-state index in [1.165, 1.54) is 0 Å². The molecule has 1 aliphatic carbocycles. The predicted octanol–water partition coefficient (Wildman–Crippen LogP) is 3.28. The normalized spacial score (nSPS) is 16.2. The Bertz CT molecular complexity index is 433. The molecule has 0 unspecified atom stereocenters. The molecule has 16 heavy (non-hydrogen) atoms. The van der Waals surface area contributed by atoms with Gasteiger partial charge in [-0.3, -0.25) is 0 Å². The number of halogens is 3. The third kappa shape index (κ3) is 2.03. The fraction of sp³-hybridized carbons (Fsp3) is 0.364. The molecule has 0 radical (unpaired) electrons. The molecule has 86 valence electrons. The van der Waals surface area contributed by atoms with Crippen LogP contribution >= 0.6 is 0 Å². The molecule has 1 aromatic rings. The maximum atomic E-state index is 12.6. The van der Waals surface area contributed by atoms with Crippen molar-refractivity contribution in [3.8, 4) is 0 Å². The van der Waals surface area contributed by atoms with Crippen LogP contribution in [0.2, 0.25) is 0 Å². The van der Waals surface area contributed by atoms with Crippen LogP contribution in [-0.2, 0) is 6.18 Å². The van der Waals surface area contributed by atoms with Crippen molar-refractivity contribution in [1.82, 2.24) is 0 Å². The largest absolute Gasteiger partial charge is 0.478 e. The van der Waals surface area contributed by atoms with E-state index < -0.39 is 17.7 Å². The number of hydrogen-bond acceptors (Lipinski definition) is 1. The van der Waals surface area contributed by atoms with Crippen LogP contribution in [0.4, 0.5) is 13.2 Å². The Morgan fingerprint density at radius 1 is 1.31 bits per heavy atom. The highest BCUT2D eigenvalue weighted by atomic mass is 19.4. The molecule has 0 heterocycles. The van der Waals surface area contributed by atoms with Crippen LogP contribution in [0.3, 0.4) is 0 Å². The summed E-state index contributed by atoms with van der Waals surface area (Å²) in [5.41, 5.74) is -0.678. The van der Waals surface area contributed by atoms with E-state index >= 15 is 0 Å². The van der Waals surface area contributed by atoms with Gasteiger partial charge in [-0.05, 0) is 42.5 Å². The van der Waals surface area contributed by atoms with E-state index in [2.05, 4.69) is 0 Å². The van der Waals surface area contributed by atoms with Crippen molar-refractivity contribution in [2.24, 2.45) is 0 Å². The van der Waals surface area contributed by atoms with Gasteiger partial charge < -0.3 is 5.11 Å². The van der Waals surface area contributed by atoms with Gasteiger partial charge in [-0.25, -0.2) is 4.79 Å². The van der Waals surface area contributed by atoms with Gasteiger partial charge in [0.05, 0.1) is 11.1 Å². The topological polar surface area (TPSA) is 37.3 Å². The fourth-order valence-corrected chi connectivity index (χ4v) is 1.69. The molecule has 0 aliphatic heterocycles. The van der Waals surface area contributed by atoms with Crippen LogP contribution in [0.25, 0.3) is 0 Å². The van der Waals surface area contributed by atoms with E-state index in [1.54, 1.807) is 0 Å². The summed E-state index contributed by atoms with van der Waals surface area (Å²) in [7, 11) is 0. The summed E-state index contributed by atoms with van der Waals surface area (Å²) in [6, 6.07) is 3.00. The molecule has 1 aromatic carbocycles. The zero-order chi connectivity index (χ0) is 11.9. The van der Waals surface area contributed by atoms with Gasteiger partial charge >= 0.3 is 12.1 Å². The molecule has 0 bridgehead atoms. The van der Waals surface area contributed by atoms with E-state index in [9.17, 15) is 18.0 Å². The van der Waals surface area contributed by atoms with E-state index in [0.717, 1.165) is 18.2 Å². The monoisotopic (exact) mass is 230 g/mol. The molecule has 0 saturated heterocycles. The van der Waals surface area contributed by atoms with Crippen LogP contribution in [0.15, 0.2) is 18.2 Å². The minimum atomic E-state index is -4.41. The van der Waals surface area contributed by atoms with Crippen molar-refractivity contribution < 1.29 is 23.1 Å². The quantitative estimate of drug-likeness (QED) is 0.846. The first-order valence-electron chi connectivity index (χ1n) is 4.84. The molecule has 0 aromatic heterocycles. The number of carboxylic acid groups (broad SMARTS) is 1. The molecular weight excluding hydrogens is 221 g/mol. The van der Waals surface area contributed by atoms with Crippen LogP contribution in [0.5, 0.6) is 0 Å². The summed E-state index contributed by atoms with van der Waals surface area (Å²) in [4.78, 5) is 10.7. The van der Waals surface area contributed by atoms with Crippen LogP contribution in [-0.4, -0.2) is 11.1 Å². The maximum absolute atomic E-state index is 12.6. The smallest absolute Gasteiger partial charge is 0.416 e. The number of rotatable bonds is 2. The Morgan fingerprint density at radius 3 is 2.38 bits per heavy atom. The molecule has 0 spiro atoms. The van der Waals surface area contributed by atoms with Gasteiger partial charge in [0.15, 0.2) is 0 Å². The van der Waals surface area contributed by atoms with Crippen molar-refractivity contribution in [3.05, 3.63) is 34.9 Å². The summed E-state index contributed by atoms with van der Waals surface area (Å²) in [6.45, 7) is 0. The van der Waals surface area contributed by atoms with Crippen LogP contribution in [0.1, 0.15) is 40.2 Å². The van der Waals surface area contributed by atoms with Crippen LogP contribution < -0.4 is 0 Å². The lowest BCUT2D eigenvalue weighted by Crippen LogP contribution is -2.10. The zero-order valence-electron chi connectivity index (χ0n) is 8.21. The first-order chi connectivity index (χ1) is 7.39. The molecule has 1 fully saturated rings. The third-order valence-corrected chi connectivity index (χ3v) is 2.62. The Morgan fingerprint density at radius 2 is 1.94 bits per heavy atom. The summed E-state index contributed by atoms with van der Waals surface area (Å²) < 4.78 is 37.9. The molecular formula is C11H9F3O2. The minimum absolute atomic E-state index is 0.0881. The van der Waals surface area contributed by atoms with E-state index in [4.69, 9.17) is 5.11 Å². The second-order valence-electron chi connectivity index (χ2n) is 3.88. The molecule has 0 amide bonds. The minimum Gasteiger partial charge on any atom is -0.478 e. The van der Waals surface area contributed by atoms with Crippen molar-refractivity contribution in [2.45, 2.75) is 24.9 Å². The van der Waals surface area contributed by atoms with Gasteiger partial charge in [-0.2, -0.15) is 13.2 Å². The maximum Gasteiger partial charge on any atom is 0.416 e. The summed E-state index contributed by atoms with van der Waals surface area (Å²) in [5, 5.41) is 8.72. The van der Waals surface area contributed by atoms with Crippen molar-refractivity contribution >= 4 is 5.97 Å². The average molecular weight is 230 g/mol.